The maximum Gasteiger partial charge on any atom is 0.270 e. The molecule has 3 rings (SSSR count). The monoisotopic (exact) mass is 371 g/mol. The first-order valence-electron chi connectivity index (χ1n) is 8.92. The van der Waals surface area contributed by atoms with Gasteiger partial charge in [0, 0.05) is 17.6 Å². The lowest BCUT2D eigenvalue weighted by Gasteiger charge is -2.12. The number of hydrogen-bond acceptors (Lipinski definition) is 3. The molecule has 2 N–H and O–H groups in total. The number of halogens is 1. The zero-order valence-electron chi connectivity index (χ0n) is 14.5. The Bertz CT molecular complexity index is 771. The summed E-state index contributed by atoms with van der Waals surface area (Å²) in [6, 6.07) is 12.7. The van der Waals surface area contributed by atoms with Crippen LogP contribution in [0.5, 0.6) is 0 Å². The molecule has 0 unspecified atom stereocenters. The van der Waals surface area contributed by atoms with Crippen LogP contribution in [0.4, 0.5) is 0 Å². The summed E-state index contributed by atoms with van der Waals surface area (Å²) >= 11 is 5.86. The molecule has 1 heterocycles. The zero-order valence-corrected chi connectivity index (χ0v) is 15.3. The van der Waals surface area contributed by atoms with Gasteiger partial charge in [-0.25, -0.2) is 4.98 Å². The van der Waals surface area contributed by atoms with Crippen molar-refractivity contribution >= 4 is 23.4 Å². The topological polar surface area (TPSA) is 71.1 Å². The van der Waals surface area contributed by atoms with E-state index in [0.29, 0.717) is 18.0 Å². The molecule has 136 valence electrons. The summed E-state index contributed by atoms with van der Waals surface area (Å²) in [4.78, 5) is 28.8. The third-order valence-corrected chi connectivity index (χ3v) is 4.77. The Morgan fingerprint density at radius 2 is 1.65 bits per heavy atom. The molecule has 0 spiro atoms. The fraction of sp³-hybridized carbons (Fsp3) is 0.350. The van der Waals surface area contributed by atoms with Crippen LogP contribution < -0.4 is 10.6 Å². The van der Waals surface area contributed by atoms with E-state index >= 15 is 0 Å². The van der Waals surface area contributed by atoms with Crippen molar-refractivity contribution in [2.75, 3.05) is 6.54 Å². The number of aromatic nitrogens is 1. The molecule has 2 aromatic rings. The molecule has 1 fully saturated rings. The molecule has 6 heteroatoms. The Labute approximate surface area is 158 Å². The molecule has 1 aliphatic rings. The number of nitrogens with one attached hydrogen (secondary N) is 2. The molecule has 26 heavy (non-hydrogen) atoms. The van der Waals surface area contributed by atoms with Crippen LogP contribution in [-0.2, 0) is 6.42 Å². The Morgan fingerprint density at radius 1 is 1.00 bits per heavy atom. The van der Waals surface area contributed by atoms with Crippen LogP contribution >= 0.6 is 11.6 Å². The minimum atomic E-state index is -0.283. The average Bonchev–Trinajstić information content (AvgIpc) is 3.16. The summed E-state index contributed by atoms with van der Waals surface area (Å²) in [7, 11) is 0. The van der Waals surface area contributed by atoms with Crippen molar-refractivity contribution in [3.8, 4) is 0 Å². The van der Waals surface area contributed by atoms with E-state index < -0.39 is 0 Å². The zero-order chi connectivity index (χ0) is 18.4. The summed E-state index contributed by atoms with van der Waals surface area (Å²) in [5, 5.41) is 6.51. The number of carbonyl (C=O) groups excluding carboxylic acids is 2. The first kappa shape index (κ1) is 18.4. The predicted molar refractivity (Wildman–Crippen MR) is 101 cm³/mol. The normalized spacial score (nSPS) is 14.2. The minimum Gasteiger partial charge on any atom is -0.350 e. The van der Waals surface area contributed by atoms with Crippen molar-refractivity contribution in [1.29, 1.82) is 0 Å². The molecule has 1 aromatic heterocycles. The van der Waals surface area contributed by atoms with E-state index in [4.69, 9.17) is 11.6 Å². The maximum absolute atomic E-state index is 12.3. The Hall–Kier alpha value is -2.40. The summed E-state index contributed by atoms with van der Waals surface area (Å²) < 4.78 is 0. The second kappa shape index (κ2) is 8.81. The van der Waals surface area contributed by atoms with Crippen molar-refractivity contribution in [3.05, 3.63) is 64.4 Å². The van der Waals surface area contributed by atoms with Gasteiger partial charge in [-0.2, -0.15) is 0 Å². The number of rotatable bonds is 6. The average molecular weight is 372 g/mol. The first-order chi connectivity index (χ1) is 12.6. The van der Waals surface area contributed by atoms with Crippen LogP contribution in [0, 0.1) is 0 Å². The van der Waals surface area contributed by atoms with E-state index in [1.807, 2.05) is 24.3 Å². The van der Waals surface area contributed by atoms with Crippen LogP contribution in [0.15, 0.2) is 42.5 Å². The second-order valence-corrected chi connectivity index (χ2v) is 6.93. The highest BCUT2D eigenvalue weighted by molar-refractivity contribution is 6.30. The third kappa shape index (κ3) is 5.05. The van der Waals surface area contributed by atoms with Gasteiger partial charge < -0.3 is 10.6 Å². The highest BCUT2D eigenvalue weighted by Gasteiger charge is 2.19. The Morgan fingerprint density at radius 3 is 2.35 bits per heavy atom. The van der Waals surface area contributed by atoms with E-state index in [-0.39, 0.29) is 29.2 Å². The number of nitrogens with zero attached hydrogens (tertiary/aromatic N) is 1. The quantitative estimate of drug-likeness (QED) is 0.817. The predicted octanol–water partition coefficient (Wildman–Crippen LogP) is 3.38. The van der Waals surface area contributed by atoms with Gasteiger partial charge in [-0.1, -0.05) is 42.6 Å². The fourth-order valence-corrected chi connectivity index (χ4v) is 3.21. The lowest BCUT2D eigenvalue weighted by Crippen LogP contribution is -2.34. The number of hydrogen-bond donors (Lipinski definition) is 2. The van der Waals surface area contributed by atoms with Crippen molar-refractivity contribution in [3.63, 3.8) is 0 Å². The van der Waals surface area contributed by atoms with E-state index in [0.717, 1.165) is 31.2 Å². The summed E-state index contributed by atoms with van der Waals surface area (Å²) in [6.07, 6.45) is 5.01. The molecule has 5 nitrogen and oxygen atoms in total. The van der Waals surface area contributed by atoms with Gasteiger partial charge in [0.05, 0.1) is 0 Å². The molecule has 2 amide bonds. The van der Waals surface area contributed by atoms with Gasteiger partial charge in [-0.05, 0) is 49.1 Å². The number of pyridine rings is 1. The third-order valence-electron chi connectivity index (χ3n) is 4.52. The molecule has 1 aromatic carbocycles. The fourth-order valence-electron chi connectivity index (χ4n) is 3.08. The van der Waals surface area contributed by atoms with E-state index in [1.54, 1.807) is 18.2 Å². The molecule has 0 aliphatic heterocycles. The molecule has 1 saturated carbocycles. The molecule has 0 atom stereocenters. The Balaban J connectivity index is 1.53. The SMILES string of the molecule is O=C(NCCc1ccc(Cl)cc1)c1cccc(C(=O)NC2CCCC2)n1. The van der Waals surface area contributed by atoms with E-state index in [1.165, 1.54) is 0 Å². The minimum absolute atomic E-state index is 0.215. The van der Waals surface area contributed by atoms with Crippen LogP contribution in [-0.4, -0.2) is 29.4 Å². The lowest BCUT2D eigenvalue weighted by molar-refractivity contribution is 0.0932. The van der Waals surface area contributed by atoms with Crippen molar-refractivity contribution in [2.45, 2.75) is 38.1 Å². The van der Waals surface area contributed by atoms with Crippen molar-refractivity contribution in [2.24, 2.45) is 0 Å². The van der Waals surface area contributed by atoms with E-state index in [9.17, 15) is 9.59 Å². The van der Waals surface area contributed by atoms with Gasteiger partial charge in [0.15, 0.2) is 0 Å². The molecular formula is C20H22ClN3O2. The summed E-state index contributed by atoms with van der Waals surface area (Å²) in [5.74, 6) is -0.498. The number of benzene rings is 1. The second-order valence-electron chi connectivity index (χ2n) is 6.50. The van der Waals surface area contributed by atoms with Crippen LogP contribution in [0.3, 0.4) is 0 Å². The van der Waals surface area contributed by atoms with Gasteiger partial charge in [-0.3, -0.25) is 9.59 Å². The van der Waals surface area contributed by atoms with Crippen LogP contribution in [0.2, 0.25) is 5.02 Å². The molecule has 1 aliphatic carbocycles. The van der Waals surface area contributed by atoms with Crippen molar-refractivity contribution < 1.29 is 9.59 Å². The van der Waals surface area contributed by atoms with Gasteiger partial charge >= 0.3 is 0 Å². The highest BCUT2D eigenvalue weighted by Crippen LogP contribution is 2.18. The smallest absolute Gasteiger partial charge is 0.270 e. The summed E-state index contributed by atoms with van der Waals surface area (Å²) in [6.45, 7) is 0.487. The largest absolute Gasteiger partial charge is 0.350 e. The lowest BCUT2D eigenvalue weighted by atomic mass is 10.1. The van der Waals surface area contributed by atoms with E-state index in [2.05, 4.69) is 15.6 Å². The molecular weight excluding hydrogens is 350 g/mol. The number of amides is 2. The van der Waals surface area contributed by atoms with Gasteiger partial charge in [0.25, 0.3) is 11.8 Å². The standard InChI is InChI=1S/C20H22ClN3O2/c21-15-10-8-14(9-11-15)12-13-22-19(25)17-6-3-7-18(24-17)20(26)23-16-4-1-2-5-16/h3,6-11,16H,1-2,4-5,12-13H2,(H,22,25)(H,23,26). The van der Waals surface area contributed by atoms with Gasteiger partial charge in [-0.15, -0.1) is 0 Å². The summed E-state index contributed by atoms with van der Waals surface area (Å²) in [5.41, 5.74) is 1.62. The maximum atomic E-state index is 12.3. The van der Waals surface area contributed by atoms with Crippen LogP contribution in [0.1, 0.15) is 52.2 Å². The highest BCUT2D eigenvalue weighted by atomic mass is 35.5. The van der Waals surface area contributed by atoms with Crippen molar-refractivity contribution in [1.82, 2.24) is 15.6 Å². The van der Waals surface area contributed by atoms with Gasteiger partial charge in [0.1, 0.15) is 11.4 Å². The molecule has 0 saturated heterocycles. The van der Waals surface area contributed by atoms with Gasteiger partial charge in [0.2, 0.25) is 0 Å². The number of carbonyl (C=O) groups is 2. The molecule has 0 bridgehead atoms. The first-order valence-corrected chi connectivity index (χ1v) is 9.30. The van der Waals surface area contributed by atoms with Crippen LogP contribution in [0.25, 0.3) is 0 Å². The Kier molecular flexibility index (Phi) is 6.23. The molecule has 0 radical (unpaired) electrons.